The van der Waals surface area contributed by atoms with Gasteiger partial charge in [0.25, 0.3) is 0 Å². The van der Waals surface area contributed by atoms with E-state index in [-0.39, 0.29) is 6.04 Å². The van der Waals surface area contributed by atoms with E-state index in [0.717, 1.165) is 13.0 Å². The molecule has 1 aromatic carbocycles. The van der Waals surface area contributed by atoms with E-state index in [9.17, 15) is 5.11 Å². The molecule has 0 saturated heterocycles. The van der Waals surface area contributed by atoms with Crippen LogP contribution in [0.5, 0.6) is 5.75 Å². The Morgan fingerprint density at radius 2 is 2.24 bits per heavy atom. The van der Waals surface area contributed by atoms with Crippen LogP contribution in [0.3, 0.4) is 0 Å². The number of aromatic hydroxyl groups is 1. The molecule has 0 amide bonds. The quantitative estimate of drug-likeness (QED) is 0.783. The van der Waals surface area contributed by atoms with Crippen LogP contribution < -0.4 is 5.32 Å². The van der Waals surface area contributed by atoms with Crippen molar-refractivity contribution in [3.05, 3.63) is 53.3 Å². The first-order valence-corrected chi connectivity index (χ1v) is 5.92. The molecule has 1 aromatic heterocycles. The molecule has 3 nitrogen and oxygen atoms in total. The largest absolute Gasteiger partial charge is 0.508 e. The molecule has 1 atom stereocenters. The van der Waals surface area contributed by atoms with E-state index in [1.807, 2.05) is 12.1 Å². The lowest BCUT2D eigenvalue weighted by Gasteiger charge is -2.27. The highest BCUT2D eigenvalue weighted by Gasteiger charge is 2.22. The first kappa shape index (κ1) is 10.4. The maximum absolute atomic E-state index is 9.53. The lowest BCUT2D eigenvalue weighted by molar-refractivity contribution is 0.470. The summed E-state index contributed by atoms with van der Waals surface area (Å²) in [5.74, 6) is 0.358. The number of fused-ring (bicyclic) bond motifs is 1. The normalized spacial score (nSPS) is 19.0. The number of nitrogens with zero attached hydrogens (tertiary/aromatic N) is 1. The van der Waals surface area contributed by atoms with Crippen molar-refractivity contribution in [2.24, 2.45) is 7.05 Å². The standard InChI is InChI=1S/C14H16N2O/c1-16-8-2-3-13(16)14-12-5-4-11(17)9-10(12)6-7-15-14/h2-5,8-9,14-15,17H,6-7H2,1H3. The lowest BCUT2D eigenvalue weighted by Crippen LogP contribution is -2.31. The van der Waals surface area contributed by atoms with Gasteiger partial charge in [-0.05, 0) is 41.8 Å². The van der Waals surface area contributed by atoms with Crippen LogP contribution in [-0.4, -0.2) is 16.2 Å². The molecule has 17 heavy (non-hydrogen) atoms. The summed E-state index contributed by atoms with van der Waals surface area (Å²) >= 11 is 0. The molecular weight excluding hydrogens is 212 g/mol. The van der Waals surface area contributed by atoms with Gasteiger partial charge in [0.1, 0.15) is 5.75 Å². The lowest BCUT2D eigenvalue weighted by atomic mass is 9.92. The smallest absolute Gasteiger partial charge is 0.115 e. The minimum atomic E-state index is 0.236. The first-order chi connectivity index (χ1) is 8.25. The van der Waals surface area contributed by atoms with Gasteiger partial charge >= 0.3 is 0 Å². The second-order valence-corrected chi connectivity index (χ2v) is 4.56. The second-order valence-electron chi connectivity index (χ2n) is 4.56. The number of nitrogens with one attached hydrogen (secondary N) is 1. The third-order valence-electron chi connectivity index (χ3n) is 3.46. The molecule has 2 N–H and O–H groups in total. The SMILES string of the molecule is Cn1cccc1C1NCCc2cc(O)ccc21. The molecule has 0 bridgehead atoms. The van der Waals surface area contributed by atoms with E-state index in [1.54, 1.807) is 6.07 Å². The summed E-state index contributed by atoms with van der Waals surface area (Å²) in [6.45, 7) is 0.951. The number of benzene rings is 1. The van der Waals surface area contributed by atoms with Crippen LogP contribution in [0.15, 0.2) is 36.5 Å². The average molecular weight is 228 g/mol. The Hall–Kier alpha value is -1.74. The third-order valence-corrected chi connectivity index (χ3v) is 3.46. The molecule has 1 aliphatic heterocycles. The summed E-state index contributed by atoms with van der Waals surface area (Å²) in [6, 6.07) is 10.1. The van der Waals surface area contributed by atoms with Gasteiger partial charge in [-0.1, -0.05) is 6.07 Å². The molecule has 0 fully saturated rings. The van der Waals surface area contributed by atoms with Gasteiger partial charge in [0, 0.05) is 25.5 Å². The minimum absolute atomic E-state index is 0.236. The van der Waals surface area contributed by atoms with Gasteiger partial charge in [0.05, 0.1) is 6.04 Å². The highest BCUT2D eigenvalue weighted by Crippen LogP contribution is 2.30. The average Bonchev–Trinajstić information content (AvgIpc) is 2.74. The van der Waals surface area contributed by atoms with Crippen LogP contribution in [0.1, 0.15) is 22.9 Å². The fourth-order valence-corrected chi connectivity index (χ4v) is 2.59. The number of rotatable bonds is 1. The van der Waals surface area contributed by atoms with E-state index in [4.69, 9.17) is 0 Å². The maximum Gasteiger partial charge on any atom is 0.115 e. The van der Waals surface area contributed by atoms with Gasteiger partial charge < -0.3 is 15.0 Å². The molecule has 2 aromatic rings. The number of phenolic OH excluding ortho intramolecular Hbond substituents is 1. The van der Waals surface area contributed by atoms with Crippen LogP contribution in [0.2, 0.25) is 0 Å². The Kier molecular flexibility index (Phi) is 2.41. The molecule has 1 aliphatic rings. The summed E-state index contributed by atoms with van der Waals surface area (Å²) in [7, 11) is 2.06. The van der Waals surface area contributed by atoms with Gasteiger partial charge in [-0.2, -0.15) is 0 Å². The topological polar surface area (TPSA) is 37.2 Å². The molecule has 3 heteroatoms. The zero-order valence-corrected chi connectivity index (χ0v) is 9.85. The van der Waals surface area contributed by atoms with Gasteiger partial charge in [0.15, 0.2) is 0 Å². The zero-order valence-electron chi connectivity index (χ0n) is 9.85. The predicted octanol–water partition coefficient (Wildman–Crippen LogP) is 1.97. The maximum atomic E-state index is 9.53. The Labute approximate surface area is 101 Å². The van der Waals surface area contributed by atoms with Crippen molar-refractivity contribution in [2.75, 3.05) is 6.54 Å². The van der Waals surface area contributed by atoms with E-state index in [1.165, 1.54) is 16.8 Å². The van der Waals surface area contributed by atoms with Crippen molar-refractivity contribution >= 4 is 0 Å². The molecule has 0 aliphatic carbocycles. The number of aryl methyl sites for hydroxylation is 1. The van der Waals surface area contributed by atoms with Gasteiger partial charge in [0.2, 0.25) is 0 Å². The van der Waals surface area contributed by atoms with Crippen LogP contribution in [0.25, 0.3) is 0 Å². The van der Waals surface area contributed by atoms with Gasteiger partial charge in [-0.3, -0.25) is 0 Å². The predicted molar refractivity (Wildman–Crippen MR) is 67.1 cm³/mol. The summed E-state index contributed by atoms with van der Waals surface area (Å²) in [5, 5.41) is 13.1. The Morgan fingerprint density at radius 1 is 1.35 bits per heavy atom. The van der Waals surface area contributed by atoms with Crippen molar-refractivity contribution < 1.29 is 5.11 Å². The molecule has 0 radical (unpaired) electrons. The summed E-state index contributed by atoms with van der Waals surface area (Å²) in [5.41, 5.74) is 3.78. The van der Waals surface area contributed by atoms with E-state index in [2.05, 4.69) is 35.3 Å². The van der Waals surface area contributed by atoms with Gasteiger partial charge in [-0.15, -0.1) is 0 Å². The fraction of sp³-hybridized carbons (Fsp3) is 0.286. The Balaban J connectivity index is 2.08. The second kappa shape index (κ2) is 3.93. The summed E-state index contributed by atoms with van der Waals surface area (Å²) in [4.78, 5) is 0. The molecule has 2 heterocycles. The number of aromatic nitrogens is 1. The van der Waals surface area contributed by atoms with Crippen LogP contribution >= 0.6 is 0 Å². The molecule has 0 saturated carbocycles. The van der Waals surface area contributed by atoms with Gasteiger partial charge in [-0.25, -0.2) is 0 Å². The van der Waals surface area contributed by atoms with Crippen molar-refractivity contribution in [1.82, 2.24) is 9.88 Å². The minimum Gasteiger partial charge on any atom is -0.508 e. The Bertz CT molecular complexity index is 545. The van der Waals surface area contributed by atoms with E-state index < -0.39 is 0 Å². The highest BCUT2D eigenvalue weighted by atomic mass is 16.3. The molecular formula is C14H16N2O. The van der Waals surface area contributed by atoms with E-state index in [0.29, 0.717) is 5.75 Å². The van der Waals surface area contributed by atoms with Crippen molar-refractivity contribution in [3.8, 4) is 5.75 Å². The summed E-state index contributed by atoms with van der Waals surface area (Å²) in [6.07, 6.45) is 3.04. The van der Waals surface area contributed by atoms with Crippen molar-refractivity contribution in [2.45, 2.75) is 12.5 Å². The summed E-state index contributed by atoms with van der Waals surface area (Å²) < 4.78 is 2.14. The molecule has 3 rings (SSSR count). The molecule has 0 spiro atoms. The number of phenols is 1. The highest BCUT2D eigenvalue weighted by molar-refractivity contribution is 5.42. The van der Waals surface area contributed by atoms with Crippen LogP contribution in [0, 0.1) is 0 Å². The monoisotopic (exact) mass is 228 g/mol. The van der Waals surface area contributed by atoms with Crippen molar-refractivity contribution in [1.29, 1.82) is 0 Å². The first-order valence-electron chi connectivity index (χ1n) is 5.92. The number of hydrogen-bond acceptors (Lipinski definition) is 2. The third kappa shape index (κ3) is 1.72. The Morgan fingerprint density at radius 3 is 3.00 bits per heavy atom. The fourth-order valence-electron chi connectivity index (χ4n) is 2.59. The van der Waals surface area contributed by atoms with Crippen LogP contribution in [0.4, 0.5) is 0 Å². The molecule has 88 valence electrons. The van der Waals surface area contributed by atoms with E-state index >= 15 is 0 Å². The number of hydrogen-bond donors (Lipinski definition) is 2. The zero-order chi connectivity index (χ0) is 11.8. The van der Waals surface area contributed by atoms with Crippen LogP contribution in [-0.2, 0) is 13.5 Å². The van der Waals surface area contributed by atoms with Crippen molar-refractivity contribution in [3.63, 3.8) is 0 Å². The molecule has 1 unspecified atom stereocenters.